The van der Waals surface area contributed by atoms with Crippen molar-refractivity contribution in [3.63, 3.8) is 0 Å². The van der Waals surface area contributed by atoms with Gasteiger partial charge >= 0.3 is 0 Å². The number of para-hydroxylation sites is 1. The number of anilines is 2. The third kappa shape index (κ3) is 2.54. The first kappa shape index (κ1) is 12.2. The molecule has 0 saturated heterocycles. The smallest absolute Gasteiger partial charge is 0.267 e. The van der Waals surface area contributed by atoms with Gasteiger partial charge in [-0.1, -0.05) is 29.3 Å². The molecule has 0 bridgehead atoms. The summed E-state index contributed by atoms with van der Waals surface area (Å²) in [7, 11) is 0. The lowest BCUT2D eigenvalue weighted by molar-refractivity contribution is 0.103. The molecule has 0 aliphatic heterocycles. The van der Waals surface area contributed by atoms with Crippen molar-refractivity contribution < 1.29 is 4.79 Å². The maximum absolute atomic E-state index is 11.9. The van der Waals surface area contributed by atoms with Crippen LogP contribution in [0.5, 0.6) is 0 Å². The quantitative estimate of drug-likeness (QED) is 0.880. The van der Waals surface area contributed by atoms with Crippen LogP contribution < -0.4 is 11.1 Å². The molecule has 1 amide bonds. The van der Waals surface area contributed by atoms with E-state index in [1.54, 1.807) is 29.6 Å². The number of halogens is 2. The molecule has 0 unspecified atom stereocenters. The lowest BCUT2D eigenvalue weighted by Crippen LogP contribution is -2.12. The number of hydrogen-bond donors (Lipinski definition) is 2. The maximum Gasteiger partial charge on any atom is 0.267 e. The first-order valence-corrected chi connectivity index (χ1v) is 6.31. The second kappa shape index (κ2) is 4.96. The summed E-state index contributed by atoms with van der Waals surface area (Å²) in [5.74, 6) is -0.312. The fraction of sp³-hybridized carbons (Fsp3) is 0. The summed E-state index contributed by atoms with van der Waals surface area (Å²) in [5, 5.41) is 5.18. The van der Waals surface area contributed by atoms with Gasteiger partial charge in [0, 0.05) is 0 Å². The Labute approximate surface area is 112 Å². The van der Waals surface area contributed by atoms with Crippen molar-refractivity contribution in [2.75, 3.05) is 11.1 Å². The van der Waals surface area contributed by atoms with E-state index in [1.165, 1.54) is 11.3 Å². The van der Waals surface area contributed by atoms with Crippen molar-refractivity contribution in [1.82, 2.24) is 0 Å². The molecular weight excluding hydrogens is 279 g/mol. The Kier molecular flexibility index (Phi) is 3.57. The molecule has 0 saturated carbocycles. The molecule has 1 heterocycles. The summed E-state index contributed by atoms with van der Waals surface area (Å²) in [5.41, 5.74) is 6.49. The molecule has 3 N–H and O–H groups in total. The maximum atomic E-state index is 11.9. The average Bonchev–Trinajstić information content (AvgIpc) is 2.70. The minimum Gasteiger partial charge on any atom is -0.397 e. The predicted molar refractivity (Wildman–Crippen MR) is 73.1 cm³/mol. The number of carbonyl (C=O) groups is 1. The van der Waals surface area contributed by atoms with Gasteiger partial charge in [-0.2, -0.15) is 0 Å². The Balaban J connectivity index is 2.28. The van der Waals surface area contributed by atoms with E-state index < -0.39 is 0 Å². The highest BCUT2D eigenvalue weighted by atomic mass is 35.5. The van der Waals surface area contributed by atoms with Crippen LogP contribution in [0.25, 0.3) is 0 Å². The Morgan fingerprint density at radius 3 is 2.41 bits per heavy atom. The monoisotopic (exact) mass is 286 g/mol. The molecule has 0 radical (unpaired) electrons. The van der Waals surface area contributed by atoms with Crippen LogP contribution in [0.3, 0.4) is 0 Å². The van der Waals surface area contributed by atoms with Gasteiger partial charge < -0.3 is 11.1 Å². The Bertz CT molecular complexity index is 548. The molecule has 0 fully saturated rings. The molecule has 0 aliphatic carbocycles. The van der Waals surface area contributed by atoms with Crippen molar-refractivity contribution in [3.05, 3.63) is 44.6 Å². The van der Waals surface area contributed by atoms with Crippen LogP contribution in [0.15, 0.2) is 29.6 Å². The fourth-order valence-electron chi connectivity index (χ4n) is 1.29. The summed E-state index contributed by atoms with van der Waals surface area (Å²) in [4.78, 5) is 12.3. The molecule has 1 aromatic carbocycles. The lowest BCUT2D eigenvalue weighted by atomic mass is 10.3. The van der Waals surface area contributed by atoms with E-state index in [-0.39, 0.29) is 5.91 Å². The van der Waals surface area contributed by atoms with Gasteiger partial charge in [0.15, 0.2) is 0 Å². The van der Waals surface area contributed by atoms with Crippen molar-refractivity contribution in [2.45, 2.75) is 0 Å². The van der Waals surface area contributed by atoms with Crippen LogP contribution >= 0.6 is 34.5 Å². The van der Waals surface area contributed by atoms with Crippen molar-refractivity contribution >= 4 is 51.8 Å². The number of amides is 1. The average molecular weight is 287 g/mol. The second-order valence-corrected chi connectivity index (χ2v) is 4.99. The second-order valence-electron chi connectivity index (χ2n) is 3.26. The Morgan fingerprint density at radius 1 is 1.24 bits per heavy atom. The number of hydrogen-bond acceptors (Lipinski definition) is 3. The molecule has 2 aromatic rings. The highest BCUT2D eigenvalue weighted by Crippen LogP contribution is 2.31. The van der Waals surface area contributed by atoms with Gasteiger partial charge in [-0.3, -0.25) is 4.79 Å². The minimum atomic E-state index is -0.312. The number of benzene rings is 1. The first-order valence-electron chi connectivity index (χ1n) is 4.68. The van der Waals surface area contributed by atoms with Crippen LogP contribution in [0.4, 0.5) is 11.4 Å². The third-order valence-corrected chi connectivity index (χ3v) is 3.66. The molecular formula is C11H8Cl2N2OS. The van der Waals surface area contributed by atoms with E-state index >= 15 is 0 Å². The van der Waals surface area contributed by atoms with Crippen LogP contribution in [-0.2, 0) is 0 Å². The number of carbonyl (C=O) groups excluding carboxylic acids is 1. The van der Waals surface area contributed by atoms with Crippen LogP contribution in [0, 0.1) is 0 Å². The van der Waals surface area contributed by atoms with Crippen molar-refractivity contribution in [2.24, 2.45) is 0 Å². The Morgan fingerprint density at radius 2 is 1.88 bits per heavy atom. The molecule has 6 heteroatoms. The fourth-order valence-corrected chi connectivity index (χ4v) is 2.50. The summed E-state index contributed by atoms with van der Waals surface area (Å²) >= 11 is 13.2. The summed E-state index contributed by atoms with van der Waals surface area (Å²) in [6, 6.07) is 6.69. The number of rotatable bonds is 2. The van der Waals surface area contributed by atoms with Gasteiger partial charge in [0.25, 0.3) is 5.91 Å². The molecule has 3 nitrogen and oxygen atoms in total. The molecule has 0 atom stereocenters. The lowest BCUT2D eigenvalue weighted by Gasteiger charge is -2.08. The van der Waals surface area contributed by atoms with E-state index in [1.807, 2.05) is 0 Å². The van der Waals surface area contributed by atoms with Crippen molar-refractivity contribution in [1.29, 1.82) is 0 Å². The molecule has 0 spiro atoms. The number of nitrogens with one attached hydrogen (secondary N) is 1. The van der Waals surface area contributed by atoms with Crippen LogP contribution in [0.2, 0.25) is 10.0 Å². The largest absolute Gasteiger partial charge is 0.397 e. The summed E-state index contributed by atoms with van der Waals surface area (Å²) in [6.07, 6.45) is 0. The number of nitrogens with two attached hydrogens (primary N) is 1. The Hall–Kier alpha value is -1.23. The van der Waals surface area contributed by atoms with Crippen molar-refractivity contribution in [3.8, 4) is 0 Å². The summed E-state index contributed by atoms with van der Waals surface area (Å²) < 4.78 is 0. The molecule has 1 aromatic heterocycles. The number of thiophene rings is 1. The van der Waals surface area contributed by atoms with E-state index in [0.29, 0.717) is 26.3 Å². The normalized spacial score (nSPS) is 10.2. The van der Waals surface area contributed by atoms with Gasteiger partial charge in [-0.25, -0.2) is 0 Å². The van der Waals surface area contributed by atoms with Gasteiger partial charge in [0.05, 0.1) is 21.4 Å². The topological polar surface area (TPSA) is 55.1 Å². The number of nitrogen functional groups attached to an aromatic ring is 1. The molecule has 0 aliphatic rings. The summed E-state index contributed by atoms with van der Waals surface area (Å²) in [6.45, 7) is 0. The highest BCUT2D eigenvalue weighted by molar-refractivity contribution is 7.12. The third-order valence-electron chi connectivity index (χ3n) is 2.10. The van der Waals surface area contributed by atoms with E-state index in [4.69, 9.17) is 28.9 Å². The highest BCUT2D eigenvalue weighted by Gasteiger charge is 2.14. The molecule has 17 heavy (non-hydrogen) atoms. The van der Waals surface area contributed by atoms with E-state index in [2.05, 4.69) is 5.32 Å². The molecule has 2 rings (SSSR count). The van der Waals surface area contributed by atoms with Gasteiger partial charge in [0.2, 0.25) is 0 Å². The first-order chi connectivity index (χ1) is 8.09. The van der Waals surface area contributed by atoms with E-state index in [9.17, 15) is 4.79 Å². The SMILES string of the molecule is Nc1ccsc1C(=O)Nc1c(Cl)cccc1Cl. The predicted octanol–water partition coefficient (Wildman–Crippen LogP) is 3.89. The van der Waals surface area contributed by atoms with Crippen LogP contribution in [0.1, 0.15) is 9.67 Å². The van der Waals surface area contributed by atoms with Gasteiger partial charge in [0.1, 0.15) is 4.88 Å². The molecule has 88 valence electrons. The zero-order valence-electron chi connectivity index (χ0n) is 8.54. The van der Waals surface area contributed by atoms with E-state index in [0.717, 1.165) is 0 Å². The zero-order chi connectivity index (χ0) is 12.4. The standard InChI is InChI=1S/C11H8Cl2N2OS/c12-6-2-1-3-7(13)9(6)15-11(16)10-8(14)4-5-17-10/h1-5H,14H2,(H,15,16). The van der Waals surface area contributed by atoms with Gasteiger partial charge in [-0.15, -0.1) is 11.3 Å². The van der Waals surface area contributed by atoms with Crippen LogP contribution in [-0.4, -0.2) is 5.91 Å². The zero-order valence-corrected chi connectivity index (χ0v) is 10.9. The minimum absolute atomic E-state index is 0.312. The van der Waals surface area contributed by atoms with Gasteiger partial charge in [-0.05, 0) is 23.6 Å².